The van der Waals surface area contributed by atoms with Crippen molar-refractivity contribution in [1.29, 1.82) is 5.41 Å². The molecule has 0 aliphatic rings. The average Bonchev–Trinajstić information content (AvgIpc) is 3.05. The lowest BCUT2D eigenvalue weighted by Crippen LogP contribution is -1.98. The molecule has 3 aromatic carbocycles. The van der Waals surface area contributed by atoms with Crippen LogP contribution in [0.3, 0.4) is 0 Å². The fourth-order valence-corrected chi connectivity index (χ4v) is 3.16. The lowest BCUT2D eigenvalue weighted by Gasteiger charge is -2.08. The van der Waals surface area contributed by atoms with E-state index in [9.17, 15) is 0 Å². The Hall–Kier alpha value is -3.33. The summed E-state index contributed by atoms with van der Waals surface area (Å²) in [4.78, 5) is 0. The van der Waals surface area contributed by atoms with Crippen LogP contribution in [0, 0.1) is 5.41 Å². The van der Waals surface area contributed by atoms with Crippen LogP contribution in [0.25, 0.3) is 10.9 Å². The van der Waals surface area contributed by atoms with Crippen LogP contribution in [-0.2, 0) is 13.2 Å². The number of nitrogens with zero attached hydrogens (tertiary/aromatic N) is 1. The van der Waals surface area contributed by atoms with Crippen LogP contribution >= 0.6 is 0 Å². The number of aromatic nitrogens is 1. The van der Waals surface area contributed by atoms with Gasteiger partial charge in [-0.3, -0.25) is 0 Å². The zero-order valence-electron chi connectivity index (χ0n) is 14.4. The minimum atomic E-state index is 0.539. The summed E-state index contributed by atoms with van der Waals surface area (Å²) in [5.74, 6) is 0.821. The van der Waals surface area contributed by atoms with Crippen molar-refractivity contribution in [2.75, 3.05) is 0 Å². The topological polar surface area (TPSA) is 38.0 Å². The Morgan fingerprint density at radius 1 is 0.846 bits per heavy atom. The Morgan fingerprint density at radius 2 is 1.54 bits per heavy atom. The van der Waals surface area contributed by atoms with Crippen LogP contribution < -0.4 is 4.74 Å². The van der Waals surface area contributed by atoms with Crippen LogP contribution in [0.15, 0.2) is 85.1 Å². The van der Waals surface area contributed by atoms with Gasteiger partial charge in [0.1, 0.15) is 12.4 Å². The summed E-state index contributed by atoms with van der Waals surface area (Å²) in [5.41, 5.74) is 4.40. The molecule has 0 unspecified atom stereocenters. The van der Waals surface area contributed by atoms with Crippen molar-refractivity contribution in [1.82, 2.24) is 4.57 Å². The molecule has 0 saturated carbocycles. The molecular formula is C23H20N2O. The van der Waals surface area contributed by atoms with E-state index < -0.39 is 0 Å². The number of hydrogen-bond donors (Lipinski definition) is 1. The fourth-order valence-electron chi connectivity index (χ4n) is 3.16. The van der Waals surface area contributed by atoms with E-state index >= 15 is 0 Å². The van der Waals surface area contributed by atoms with E-state index in [1.165, 1.54) is 11.8 Å². The molecule has 128 valence electrons. The highest BCUT2D eigenvalue weighted by Gasteiger charge is 2.09. The highest BCUT2D eigenvalue weighted by molar-refractivity contribution is 5.99. The van der Waals surface area contributed by atoms with Gasteiger partial charge in [-0.1, -0.05) is 60.7 Å². The van der Waals surface area contributed by atoms with Gasteiger partial charge < -0.3 is 14.7 Å². The molecule has 1 N–H and O–H groups in total. The van der Waals surface area contributed by atoms with Crippen molar-refractivity contribution < 1.29 is 4.74 Å². The lowest BCUT2D eigenvalue weighted by atomic mass is 10.2. The zero-order chi connectivity index (χ0) is 17.8. The van der Waals surface area contributed by atoms with Gasteiger partial charge in [-0.25, -0.2) is 0 Å². The molecule has 4 aromatic rings. The van der Waals surface area contributed by atoms with E-state index in [0.29, 0.717) is 6.61 Å². The molecule has 0 aliphatic carbocycles. The number of benzene rings is 3. The van der Waals surface area contributed by atoms with Crippen LogP contribution in [0.1, 0.15) is 16.7 Å². The van der Waals surface area contributed by atoms with Crippen LogP contribution in [0.5, 0.6) is 5.75 Å². The van der Waals surface area contributed by atoms with Crippen molar-refractivity contribution in [2.24, 2.45) is 0 Å². The molecule has 26 heavy (non-hydrogen) atoms. The predicted molar refractivity (Wildman–Crippen MR) is 106 cm³/mol. The van der Waals surface area contributed by atoms with Gasteiger partial charge in [-0.2, -0.15) is 0 Å². The monoisotopic (exact) mass is 340 g/mol. The Bertz CT molecular complexity index is 1020. The second kappa shape index (κ2) is 7.28. The summed E-state index contributed by atoms with van der Waals surface area (Å²) in [6.07, 6.45) is 3.44. The van der Waals surface area contributed by atoms with Crippen molar-refractivity contribution in [3.8, 4) is 5.75 Å². The highest BCUT2D eigenvalue weighted by Crippen LogP contribution is 2.26. The largest absolute Gasteiger partial charge is 0.489 e. The Kier molecular flexibility index (Phi) is 4.52. The van der Waals surface area contributed by atoms with E-state index in [2.05, 4.69) is 34.9 Å². The fraction of sp³-hybridized carbons (Fsp3) is 0.0870. The molecule has 1 aromatic heterocycles. The molecule has 0 radical (unpaired) electrons. The molecule has 3 nitrogen and oxygen atoms in total. The summed E-state index contributed by atoms with van der Waals surface area (Å²) < 4.78 is 8.13. The molecule has 0 spiro atoms. The summed E-state index contributed by atoms with van der Waals surface area (Å²) in [6.45, 7) is 1.33. The van der Waals surface area contributed by atoms with E-state index in [0.717, 1.165) is 34.3 Å². The average molecular weight is 340 g/mol. The van der Waals surface area contributed by atoms with Gasteiger partial charge in [0.15, 0.2) is 0 Å². The van der Waals surface area contributed by atoms with Gasteiger partial charge in [-0.15, -0.1) is 0 Å². The summed E-state index contributed by atoms with van der Waals surface area (Å²) in [7, 11) is 0. The predicted octanol–water partition coefficient (Wildman–Crippen LogP) is 5.27. The maximum atomic E-state index is 7.75. The summed E-state index contributed by atoms with van der Waals surface area (Å²) >= 11 is 0. The van der Waals surface area contributed by atoms with Crippen LogP contribution in [-0.4, -0.2) is 10.8 Å². The maximum absolute atomic E-state index is 7.75. The van der Waals surface area contributed by atoms with E-state index in [1.54, 1.807) is 0 Å². The first kappa shape index (κ1) is 16.2. The third-order valence-corrected chi connectivity index (χ3v) is 4.48. The minimum Gasteiger partial charge on any atom is -0.489 e. The Balaban J connectivity index is 1.62. The Labute approximate surface area is 153 Å². The molecule has 0 fully saturated rings. The van der Waals surface area contributed by atoms with E-state index in [1.807, 2.05) is 54.7 Å². The number of nitrogens with one attached hydrogen (secondary N) is 1. The second-order valence-electron chi connectivity index (χ2n) is 6.30. The molecule has 0 bridgehead atoms. The van der Waals surface area contributed by atoms with Gasteiger partial charge >= 0.3 is 0 Å². The van der Waals surface area contributed by atoms with Crippen molar-refractivity contribution in [3.05, 3.63) is 102 Å². The van der Waals surface area contributed by atoms with E-state index in [4.69, 9.17) is 10.1 Å². The van der Waals surface area contributed by atoms with Gasteiger partial charge in [0.05, 0.1) is 0 Å². The zero-order valence-corrected chi connectivity index (χ0v) is 14.4. The van der Waals surface area contributed by atoms with Crippen LogP contribution in [0.2, 0.25) is 0 Å². The molecule has 3 heteroatoms. The van der Waals surface area contributed by atoms with Gasteiger partial charge in [0.25, 0.3) is 0 Å². The van der Waals surface area contributed by atoms with E-state index in [-0.39, 0.29) is 0 Å². The third-order valence-electron chi connectivity index (χ3n) is 4.48. The molecule has 4 rings (SSSR count). The normalized spacial score (nSPS) is 10.8. The SMILES string of the molecule is N=Cc1cn(Cc2ccccc2)c2ccc(OCc3ccccc3)cc12. The molecule has 0 saturated heterocycles. The van der Waals surface area contributed by atoms with Gasteiger partial charge in [0, 0.05) is 35.4 Å². The number of hydrogen-bond acceptors (Lipinski definition) is 2. The molecule has 0 aliphatic heterocycles. The van der Waals surface area contributed by atoms with Crippen molar-refractivity contribution in [2.45, 2.75) is 13.2 Å². The smallest absolute Gasteiger partial charge is 0.120 e. The Morgan fingerprint density at radius 3 is 2.23 bits per heavy atom. The van der Waals surface area contributed by atoms with Gasteiger partial charge in [0.2, 0.25) is 0 Å². The first-order valence-corrected chi connectivity index (χ1v) is 8.67. The molecule has 1 heterocycles. The first-order chi connectivity index (χ1) is 12.8. The number of fused-ring (bicyclic) bond motifs is 1. The summed E-state index contributed by atoms with van der Waals surface area (Å²) in [5, 5.41) is 8.79. The third kappa shape index (κ3) is 3.38. The standard InChI is InChI=1S/C23H20N2O/c24-14-20-16-25(15-18-7-3-1-4-8-18)23-12-11-21(13-22(20)23)26-17-19-9-5-2-6-10-19/h1-14,16,24H,15,17H2. The number of ether oxygens (including phenoxy) is 1. The molecule has 0 amide bonds. The van der Waals surface area contributed by atoms with Crippen LogP contribution in [0.4, 0.5) is 0 Å². The second-order valence-corrected chi connectivity index (χ2v) is 6.30. The highest BCUT2D eigenvalue weighted by atomic mass is 16.5. The lowest BCUT2D eigenvalue weighted by molar-refractivity contribution is 0.306. The minimum absolute atomic E-state index is 0.539. The maximum Gasteiger partial charge on any atom is 0.120 e. The quantitative estimate of drug-likeness (QED) is 0.477. The molecule has 0 atom stereocenters. The first-order valence-electron chi connectivity index (χ1n) is 8.67. The van der Waals surface area contributed by atoms with Gasteiger partial charge in [-0.05, 0) is 29.3 Å². The summed E-state index contributed by atoms with van der Waals surface area (Å²) in [6, 6.07) is 26.6. The molecular weight excluding hydrogens is 320 g/mol. The number of rotatable bonds is 6. The van der Waals surface area contributed by atoms with Crippen molar-refractivity contribution in [3.63, 3.8) is 0 Å². The van der Waals surface area contributed by atoms with Crippen molar-refractivity contribution >= 4 is 17.1 Å².